The number of hydrogen-bond acceptors (Lipinski definition) is 3. The molecule has 0 spiro atoms. The molecule has 5 heteroatoms. The van der Waals surface area contributed by atoms with E-state index in [9.17, 15) is 0 Å². The van der Waals surface area contributed by atoms with E-state index in [1.807, 2.05) is 17.1 Å². The van der Waals surface area contributed by atoms with E-state index < -0.39 is 0 Å². The second-order valence-electron chi connectivity index (χ2n) is 3.66. The molecule has 0 amide bonds. The van der Waals surface area contributed by atoms with Gasteiger partial charge in [-0.2, -0.15) is 5.10 Å². The number of rotatable bonds is 3. The Morgan fingerprint density at radius 3 is 3.06 bits per heavy atom. The van der Waals surface area contributed by atoms with Crippen LogP contribution in [0.15, 0.2) is 33.8 Å². The van der Waals surface area contributed by atoms with E-state index in [0.717, 1.165) is 28.7 Å². The number of hydrogen-bond donors (Lipinski definition) is 1. The summed E-state index contributed by atoms with van der Waals surface area (Å²) in [7, 11) is 0. The summed E-state index contributed by atoms with van der Waals surface area (Å²) in [6, 6.07) is 8.15. The highest BCUT2D eigenvalue weighted by molar-refractivity contribution is 9.10. The van der Waals surface area contributed by atoms with Crippen LogP contribution in [-0.2, 0) is 0 Å². The van der Waals surface area contributed by atoms with Crippen LogP contribution in [0.5, 0.6) is 0 Å². The first-order valence-corrected chi connectivity index (χ1v) is 6.22. The summed E-state index contributed by atoms with van der Waals surface area (Å²) < 4.78 is 1.07. The van der Waals surface area contributed by atoms with Gasteiger partial charge >= 0.3 is 0 Å². The van der Waals surface area contributed by atoms with E-state index in [1.54, 1.807) is 0 Å². The van der Waals surface area contributed by atoms with Crippen LogP contribution >= 0.6 is 28.1 Å². The van der Waals surface area contributed by atoms with Crippen molar-refractivity contribution in [3.8, 4) is 0 Å². The molecule has 0 radical (unpaired) electrons. The zero-order chi connectivity index (χ0) is 11.5. The Balaban J connectivity index is 2.14. The van der Waals surface area contributed by atoms with Crippen LogP contribution in [0.3, 0.4) is 0 Å². The van der Waals surface area contributed by atoms with Gasteiger partial charge in [-0.3, -0.25) is 5.01 Å². The van der Waals surface area contributed by atoms with E-state index >= 15 is 0 Å². The molecule has 0 aromatic heterocycles. The van der Waals surface area contributed by atoms with Gasteiger partial charge in [0.2, 0.25) is 0 Å². The van der Waals surface area contributed by atoms with E-state index in [4.69, 9.17) is 18.0 Å². The second-order valence-corrected chi connectivity index (χ2v) is 5.10. The van der Waals surface area contributed by atoms with Crippen molar-refractivity contribution < 1.29 is 0 Å². The summed E-state index contributed by atoms with van der Waals surface area (Å²) in [5.41, 5.74) is 7.74. The highest BCUT2D eigenvalue weighted by Crippen LogP contribution is 2.17. The molecule has 0 aliphatic carbocycles. The lowest BCUT2D eigenvalue weighted by atomic mass is 10.1. The van der Waals surface area contributed by atoms with Gasteiger partial charge in [0.15, 0.2) is 0 Å². The maximum Gasteiger partial charge on any atom is 0.0941 e. The smallest absolute Gasteiger partial charge is 0.0941 e. The van der Waals surface area contributed by atoms with Crippen molar-refractivity contribution in [2.24, 2.45) is 10.8 Å². The first-order valence-electron chi connectivity index (χ1n) is 5.02. The zero-order valence-corrected chi connectivity index (χ0v) is 11.1. The molecule has 1 aromatic carbocycles. The largest absolute Gasteiger partial charge is 0.392 e. The predicted molar refractivity (Wildman–Crippen MR) is 73.7 cm³/mol. The van der Waals surface area contributed by atoms with Gasteiger partial charge in [0, 0.05) is 17.4 Å². The highest BCUT2D eigenvalue weighted by Gasteiger charge is 2.16. The van der Waals surface area contributed by atoms with Crippen LogP contribution in [0.2, 0.25) is 0 Å². The fraction of sp³-hybridized carbons (Fsp3) is 0.273. The normalized spacial score (nSPS) is 15.1. The third-order valence-electron chi connectivity index (χ3n) is 2.37. The van der Waals surface area contributed by atoms with Gasteiger partial charge in [-0.15, -0.1) is 0 Å². The van der Waals surface area contributed by atoms with Gasteiger partial charge in [0.25, 0.3) is 0 Å². The summed E-state index contributed by atoms with van der Waals surface area (Å²) in [4.78, 5) is 0.485. The maximum absolute atomic E-state index is 5.49. The lowest BCUT2D eigenvalue weighted by Crippen LogP contribution is -2.26. The Kier molecular flexibility index (Phi) is 3.56. The van der Waals surface area contributed by atoms with Gasteiger partial charge in [-0.1, -0.05) is 40.3 Å². The summed E-state index contributed by atoms with van der Waals surface area (Å²) >= 11 is 8.32. The Hall–Kier alpha value is -0.940. The SMILES string of the molecule is NC(=S)CN1CCC(c2cccc(Br)c2)=N1. The summed E-state index contributed by atoms with van der Waals surface area (Å²) in [5, 5.41) is 6.42. The topological polar surface area (TPSA) is 41.6 Å². The Bertz CT molecular complexity index is 445. The highest BCUT2D eigenvalue weighted by atomic mass is 79.9. The van der Waals surface area contributed by atoms with Crippen molar-refractivity contribution in [2.75, 3.05) is 13.1 Å². The molecule has 84 valence electrons. The number of halogens is 1. The van der Waals surface area contributed by atoms with Gasteiger partial charge in [0.05, 0.1) is 17.2 Å². The van der Waals surface area contributed by atoms with Gasteiger partial charge in [-0.05, 0) is 17.7 Å². The Labute approximate surface area is 108 Å². The molecule has 0 bridgehead atoms. The third kappa shape index (κ3) is 2.80. The van der Waals surface area contributed by atoms with E-state index in [-0.39, 0.29) is 0 Å². The van der Waals surface area contributed by atoms with Crippen molar-refractivity contribution >= 4 is 38.8 Å². The van der Waals surface area contributed by atoms with E-state index in [0.29, 0.717) is 11.5 Å². The molecule has 1 aliphatic rings. The number of thiocarbonyl (C=S) groups is 1. The number of benzene rings is 1. The van der Waals surface area contributed by atoms with Gasteiger partial charge in [-0.25, -0.2) is 0 Å². The number of nitrogens with two attached hydrogens (primary N) is 1. The molecule has 0 saturated heterocycles. The molecule has 2 N–H and O–H groups in total. The molecule has 1 aliphatic heterocycles. The van der Waals surface area contributed by atoms with Crippen LogP contribution < -0.4 is 5.73 Å². The fourth-order valence-electron chi connectivity index (χ4n) is 1.67. The van der Waals surface area contributed by atoms with Crippen molar-refractivity contribution in [2.45, 2.75) is 6.42 Å². The van der Waals surface area contributed by atoms with Gasteiger partial charge in [0.1, 0.15) is 0 Å². The van der Waals surface area contributed by atoms with Gasteiger partial charge < -0.3 is 5.73 Å². The molecule has 3 nitrogen and oxygen atoms in total. The van der Waals surface area contributed by atoms with Crippen LogP contribution in [0.1, 0.15) is 12.0 Å². The molecule has 2 rings (SSSR count). The standard InChI is InChI=1S/C11H12BrN3S/c12-9-3-1-2-8(6-9)10-4-5-15(14-10)7-11(13)16/h1-3,6H,4-5,7H2,(H2,13,16). The molecule has 1 aromatic rings. The average molecular weight is 298 g/mol. The second kappa shape index (κ2) is 4.93. The molecule has 0 saturated carbocycles. The van der Waals surface area contributed by atoms with Crippen molar-refractivity contribution in [3.05, 3.63) is 34.3 Å². The first-order chi connectivity index (χ1) is 7.65. The Morgan fingerprint density at radius 1 is 1.56 bits per heavy atom. The average Bonchev–Trinajstić information content (AvgIpc) is 2.65. The third-order valence-corrected chi connectivity index (χ3v) is 2.99. The molecule has 0 atom stereocenters. The quantitative estimate of drug-likeness (QED) is 0.869. The Morgan fingerprint density at radius 2 is 2.38 bits per heavy atom. The minimum atomic E-state index is 0.485. The predicted octanol–water partition coefficient (Wildman–Crippen LogP) is 2.14. The van der Waals surface area contributed by atoms with Crippen LogP contribution in [0.25, 0.3) is 0 Å². The fourth-order valence-corrected chi connectivity index (χ4v) is 2.22. The molecule has 1 heterocycles. The molecule has 0 unspecified atom stereocenters. The minimum absolute atomic E-state index is 0.485. The lowest BCUT2D eigenvalue weighted by Gasteiger charge is -2.10. The van der Waals surface area contributed by atoms with Crippen LogP contribution in [0, 0.1) is 0 Å². The van der Waals surface area contributed by atoms with Crippen LogP contribution in [0.4, 0.5) is 0 Å². The molecule has 16 heavy (non-hydrogen) atoms. The minimum Gasteiger partial charge on any atom is -0.392 e. The molecule has 0 fully saturated rings. The number of hydrazone groups is 1. The number of nitrogens with zero attached hydrogens (tertiary/aromatic N) is 2. The van der Waals surface area contributed by atoms with Crippen LogP contribution in [-0.4, -0.2) is 28.8 Å². The molecular formula is C11H12BrN3S. The maximum atomic E-state index is 5.49. The first kappa shape index (κ1) is 11.5. The van der Waals surface area contributed by atoms with E-state index in [1.165, 1.54) is 0 Å². The van der Waals surface area contributed by atoms with Crippen molar-refractivity contribution in [3.63, 3.8) is 0 Å². The summed E-state index contributed by atoms with van der Waals surface area (Å²) in [5.74, 6) is 0. The van der Waals surface area contributed by atoms with E-state index in [2.05, 4.69) is 33.2 Å². The molecular weight excluding hydrogens is 286 g/mol. The summed E-state index contributed by atoms with van der Waals surface area (Å²) in [6.45, 7) is 1.45. The van der Waals surface area contributed by atoms with Crippen molar-refractivity contribution in [1.82, 2.24) is 5.01 Å². The monoisotopic (exact) mass is 297 g/mol. The summed E-state index contributed by atoms with van der Waals surface area (Å²) in [6.07, 6.45) is 0.944. The lowest BCUT2D eigenvalue weighted by molar-refractivity contribution is 0.365. The van der Waals surface area contributed by atoms with Crippen molar-refractivity contribution in [1.29, 1.82) is 0 Å². The zero-order valence-electron chi connectivity index (χ0n) is 8.69.